The lowest BCUT2D eigenvalue weighted by molar-refractivity contribution is -0.197. The van der Waals surface area contributed by atoms with E-state index in [9.17, 15) is 18.0 Å². The number of aryl methyl sites for hydroxylation is 1. The summed E-state index contributed by atoms with van der Waals surface area (Å²) in [6.07, 6.45) is -3.61. The molecule has 1 fully saturated rings. The Kier molecular flexibility index (Phi) is 3.77. The number of halogens is 3. The number of alkyl halides is 3. The summed E-state index contributed by atoms with van der Waals surface area (Å²) in [6.45, 7) is 1.75. The van der Waals surface area contributed by atoms with Crippen molar-refractivity contribution in [1.82, 2.24) is 15.1 Å². The molecule has 2 rings (SSSR count). The minimum atomic E-state index is -4.61. The lowest BCUT2D eigenvalue weighted by Crippen LogP contribution is -2.47. The number of hydrogen-bond donors (Lipinski definition) is 1. The van der Waals surface area contributed by atoms with E-state index in [1.54, 1.807) is 6.92 Å². The van der Waals surface area contributed by atoms with E-state index in [4.69, 9.17) is 4.74 Å². The highest BCUT2D eigenvalue weighted by Gasteiger charge is 2.62. The number of methoxy groups -OCH3 is 1. The van der Waals surface area contributed by atoms with Gasteiger partial charge in [0, 0.05) is 13.1 Å². The molecular formula is C12H16F3N3O2. The highest BCUT2D eigenvalue weighted by molar-refractivity contribution is 6.02. The third-order valence-electron chi connectivity index (χ3n) is 3.67. The topological polar surface area (TPSA) is 56.2 Å². The molecule has 0 aliphatic carbocycles. The zero-order valence-electron chi connectivity index (χ0n) is 11.3. The molecule has 5 nitrogen and oxygen atoms in total. The second-order valence-corrected chi connectivity index (χ2v) is 4.71. The molecule has 20 heavy (non-hydrogen) atoms. The number of nitrogens with zero attached hydrogens (tertiary/aromatic N) is 2. The van der Waals surface area contributed by atoms with E-state index in [2.05, 4.69) is 10.4 Å². The van der Waals surface area contributed by atoms with Crippen LogP contribution in [0.1, 0.15) is 23.8 Å². The monoisotopic (exact) mass is 291 g/mol. The van der Waals surface area contributed by atoms with Crippen LogP contribution < -0.4 is 10.1 Å². The van der Waals surface area contributed by atoms with Gasteiger partial charge in [0.2, 0.25) is 5.78 Å². The minimum Gasteiger partial charge on any atom is -0.493 e. The Morgan fingerprint density at radius 1 is 1.60 bits per heavy atom. The van der Waals surface area contributed by atoms with Crippen molar-refractivity contribution in [2.45, 2.75) is 26.1 Å². The fraction of sp³-hybridized carbons (Fsp3) is 0.667. The van der Waals surface area contributed by atoms with Crippen LogP contribution in [-0.2, 0) is 6.54 Å². The lowest BCUT2D eigenvalue weighted by atomic mass is 9.80. The van der Waals surface area contributed by atoms with Crippen molar-refractivity contribution in [1.29, 1.82) is 0 Å². The summed E-state index contributed by atoms with van der Waals surface area (Å²) in [7, 11) is 1.31. The van der Waals surface area contributed by atoms with Gasteiger partial charge in [0.05, 0.1) is 13.3 Å². The standard InChI is InChI=1S/C12H16F3N3O2/c1-3-18-9(8(20-2)6-17-18)10(19)11(12(13,14)15)4-5-16-7-11/h6,16H,3-5,7H2,1-2H3. The van der Waals surface area contributed by atoms with Crippen LogP contribution in [-0.4, -0.2) is 41.9 Å². The van der Waals surface area contributed by atoms with E-state index < -0.39 is 23.9 Å². The van der Waals surface area contributed by atoms with Crippen molar-refractivity contribution in [2.24, 2.45) is 5.41 Å². The average molecular weight is 291 g/mol. The molecule has 1 saturated heterocycles. The Bertz CT molecular complexity index is 483. The van der Waals surface area contributed by atoms with Gasteiger partial charge in [-0.2, -0.15) is 18.3 Å². The normalized spacial score (nSPS) is 23.1. The Hall–Kier alpha value is -1.57. The van der Waals surface area contributed by atoms with Crippen molar-refractivity contribution < 1.29 is 22.7 Å². The quantitative estimate of drug-likeness (QED) is 0.857. The third-order valence-corrected chi connectivity index (χ3v) is 3.67. The van der Waals surface area contributed by atoms with Crippen molar-refractivity contribution in [3.8, 4) is 5.75 Å². The van der Waals surface area contributed by atoms with Gasteiger partial charge in [-0.25, -0.2) is 0 Å². The average Bonchev–Trinajstić information content (AvgIpc) is 3.03. The van der Waals surface area contributed by atoms with E-state index in [1.165, 1.54) is 18.0 Å². The van der Waals surface area contributed by atoms with Crippen LogP contribution in [0, 0.1) is 5.41 Å². The first-order valence-corrected chi connectivity index (χ1v) is 6.29. The minimum absolute atomic E-state index is 0.0763. The number of Topliss-reactive ketones (excluding diaryl/α,β-unsaturated/α-hetero) is 1. The molecule has 0 saturated carbocycles. The highest BCUT2D eigenvalue weighted by Crippen LogP contribution is 2.46. The Labute approximate surface area is 114 Å². The van der Waals surface area contributed by atoms with Crippen LogP contribution in [0.15, 0.2) is 6.20 Å². The number of carbonyl (C=O) groups excluding carboxylic acids is 1. The van der Waals surface area contributed by atoms with Gasteiger partial charge in [-0.15, -0.1) is 0 Å². The Morgan fingerprint density at radius 2 is 2.30 bits per heavy atom. The van der Waals surface area contributed by atoms with Crippen LogP contribution in [0.25, 0.3) is 0 Å². The SMILES string of the molecule is CCn1ncc(OC)c1C(=O)C1(C(F)(F)F)CCNC1. The van der Waals surface area contributed by atoms with Crippen molar-refractivity contribution >= 4 is 5.78 Å². The molecule has 0 radical (unpaired) electrons. The molecule has 1 aliphatic heterocycles. The Morgan fingerprint density at radius 3 is 2.75 bits per heavy atom. The van der Waals surface area contributed by atoms with E-state index >= 15 is 0 Å². The van der Waals surface area contributed by atoms with Crippen molar-refractivity contribution in [3.05, 3.63) is 11.9 Å². The molecule has 8 heteroatoms. The third kappa shape index (κ3) is 2.07. The van der Waals surface area contributed by atoms with E-state index in [0.717, 1.165) is 0 Å². The number of ketones is 1. The molecule has 1 aromatic heterocycles. The first kappa shape index (κ1) is 14.8. The predicted octanol–water partition coefficient (Wildman–Crippen LogP) is 1.64. The molecule has 1 atom stereocenters. The fourth-order valence-corrected chi connectivity index (χ4v) is 2.47. The van der Waals surface area contributed by atoms with Gasteiger partial charge in [-0.3, -0.25) is 9.48 Å². The maximum atomic E-state index is 13.4. The largest absolute Gasteiger partial charge is 0.493 e. The summed E-state index contributed by atoms with van der Waals surface area (Å²) in [5, 5.41) is 6.52. The molecule has 1 aliphatic rings. The molecule has 1 N–H and O–H groups in total. The van der Waals surface area contributed by atoms with Crippen LogP contribution in [0.2, 0.25) is 0 Å². The van der Waals surface area contributed by atoms with E-state index in [1.807, 2.05) is 0 Å². The summed E-state index contributed by atoms with van der Waals surface area (Å²) in [4.78, 5) is 12.5. The molecule has 0 amide bonds. The molecule has 2 heterocycles. The molecule has 0 spiro atoms. The van der Waals surface area contributed by atoms with E-state index in [-0.39, 0.29) is 24.4 Å². The number of carbonyl (C=O) groups is 1. The summed E-state index contributed by atoms with van der Waals surface area (Å²) >= 11 is 0. The molecule has 112 valence electrons. The van der Waals surface area contributed by atoms with Crippen LogP contribution in [0.5, 0.6) is 5.75 Å². The number of ether oxygens (including phenoxy) is 1. The fourth-order valence-electron chi connectivity index (χ4n) is 2.47. The number of nitrogens with one attached hydrogen (secondary N) is 1. The molecule has 0 bridgehead atoms. The van der Waals surface area contributed by atoms with Crippen LogP contribution in [0.4, 0.5) is 13.2 Å². The van der Waals surface area contributed by atoms with Crippen molar-refractivity contribution in [3.63, 3.8) is 0 Å². The highest BCUT2D eigenvalue weighted by atomic mass is 19.4. The van der Waals surface area contributed by atoms with Crippen LogP contribution in [0.3, 0.4) is 0 Å². The first-order chi connectivity index (χ1) is 9.37. The number of aromatic nitrogens is 2. The summed E-state index contributed by atoms with van der Waals surface area (Å²) in [5.41, 5.74) is -2.51. The smallest absolute Gasteiger partial charge is 0.403 e. The Balaban J connectivity index is 2.51. The molecular weight excluding hydrogens is 275 g/mol. The second-order valence-electron chi connectivity index (χ2n) is 4.71. The summed E-state index contributed by atoms with van der Waals surface area (Å²) in [6, 6.07) is 0. The maximum absolute atomic E-state index is 13.4. The zero-order chi connectivity index (χ0) is 15.0. The predicted molar refractivity (Wildman–Crippen MR) is 64.8 cm³/mol. The van der Waals surface area contributed by atoms with Gasteiger partial charge < -0.3 is 10.1 Å². The summed E-state index contributed by atoms with van der Waals surface area (Å²) in [5.74, 6) is -0.904. The number of rotatable bonds is 4. The van der Waals surface area contributed by atoms with E-state index in [0.29, 0.717) is 6.54 Å². The first-order valence-electron chi connectivity index (χ1n) is 6.29. The van der Waals surface area contributed by atoms with Gasteiger partial charge in [0.15, 0.2) is 5.75 Å². The molecule has 0 aromatic carbocycles. The summed E-state index contributed by atoms with van der Waals surface area (Å²) < 4.78 is 46.4. The van der Waals surface area contributed by atoms with Crippen LogP contribution >= 0.6 is 0 Å². The van der Waals surface area contributed by atoms with Crippen molar-refractivity contribution in [2.75, 3.05) is 20.2 Å². The van der Waals surface area contributed by atoms with Gasteiger partial charge >= 0.3 is 6.18 Å². The molecule has 1 aromatic rings. The maximum Gasteiger partial charge on any atom is 0.403 e. The van der Waals surface area contributed by atoms with Gasteiger partial charge in [0.1, 0.15) is 11.1 Å². The van der Waals surface area contributed by atoms with Gasteiger partial charge in [0.25, 0.3) is 0 Å². The van der Waals surface area contributed by atoms with Gasteiger partial charge in [-0.1, -0.05) is 0 Å². The zero-order valence-corrected chi connectivity index (χ0v) is 11.3. The lowest BCUT2D eigenvalue weighted by Gasteiger charge is -2.29. The second kappa shape index (κ2) is 5.08. The number of hydrogen-bond acceptors (Lipinski definition) is 4. The van der Waals surface area contributed by atoms with Gasteiger partial charge in [-0.05, 0) is 19.9 Å². The molecule has 1 unspecified atom stereocenters.